The van der Waals surface area contributed by atoms with Crippen LogP contribution in [-0.4, -0.2) is 26.9 Å². The zero-order chi connectivity index (χ0) is 17.1. The summed E-state index contributed by atoms with van der Waals surface area (Å²) in [4.78, 5) is 32.2. The number of nitrogens with zero attached hydrogens (tertiary/aromatic N) is 1. The van der Waals surface area contributed by atoms with Gasteiger partial charge in [0.1, 0.15) is 5.75 Å². The first-order chi connectivity index (χ1) is 12.1. The number of phenols is 1. The summed E-state index contributed by atoms with van der Waals surface area (Å²) in [6, 6.07) is 10.4. The molecule has 0 saturated heterocycles. The summed E-state index contributed by atoms with van der Waals surface area (Å²) in [5.74, 6) is -0.738. The number of nitrogens with one attached hydrogen (secondary N) is 2. The van der Waals surface area contributed by atoms with Gasteiger partial charge in [-0.05, 0) is 47.5 Å². The number of hydrogen-bond acceptors (Lipinski definition) is 4. The van der Waals surface area contributed by atoms with Gasteiger partial charge in [0.25, 0.3) is 11.8 Å². The predicted octanol–water partition coefficient (Wildman–Crippen LogP) is 2.97. The maximum Gasteiger partial charge on any atom is 0.259 e. The summed E-state index contributed by atoms with van der Waals surface area (Å²) in [5, 5.41) is 13.5. The summed E-state index contributed by atoms with van der Waals surface area (Å²) in [6.45, 7) is 0. The van der Waals surface area contributed by atoms with Crippen molar-refractivity contribution in [3.8, 4) is 16.9 Å². The standard InChI is InChI=1S/C19H11N3O3/c23-10-1-2-13-12(7-10)15-14(21-13)8-11(9-3-5-20-6-4-9)16-17(15)19(25)22-18(16)24/h1-8,21,23H,(H,22,24,25). The molecule has 0 bridgehead atoms. The van der Waals surface area contributed by atoms with Crippen LogP contribution in [0.4, 0.5) is 0 Å². The van der Waals surface area contributed by atoms with Gasteiger partial charge in [0.05, 0.1) is 11.1 Å². The Hall–Kier alpha value is -3.67. The zero-order valence-corrected chi connectivity index (χ0v) is 12.8. The van der Waals surface area contributed by atoms with Crippen molar-refractivity contribution < 1.29 is 14.7 Å². The molecule has 0 atom stereocenters. The number of fused-ring (bicyclic) bond motifs is 5. The van der Waals surface area contributed by atoms with Crippen molar-refractivity contribution in [3.05, 3.63) is 59.9 Å². The molecule has 0 radical (unpaired) electrons. The third-order valence-electron chi connectivity index (χ3n) is 4.54. The second kappa shape index (κ2) is 4.67. The SMILES string of the molecule is O=C1NC(=O)c2c1c(-c1ccncc1)cc1[nH]c3ccc(O)cc3c21. The number of phenolic OH excluding ortho intramolecular Hbond substituents is 1. The Balaban J connectivity index is 1.99. The van der Waals surface area contributed by atoms with E-state index in [1.54, 1.807) is 42.7 Å². The molecule has 2 amide bonds. The highest BCUT2D eigenvalue weighted by molar-refractivity contribution is 6.32. The summed E-state index contributed by atoms with van der Waals surface area (Å²) in [6.07, 6.45) is 3.29. The summed E-state index contributed by atoms with van der Waals surface area (Å²) in [7, 11) is 0. The molecule has 0 fully saturated rings. The molecule has 3 heterocycles. The van der Waals surface area contributed by atoms with Gasteiger partial charge in [-0.3, -0.25) is 19.9 Å². The van der Waals surface area contributed by atoms with Gasteiger partial charge in [-0.1, -0.05) is 0 Å². The highest BCUT2D eigenvalue weighted by atomic mass is 16.3. The molecule has 2 aromatic carbocycles. The molecule has 0 saturated carbocycles. The van der Waals surface area contributed by atoms with Crippen LogP contribution in [0.5, 0.6) is 5.75 Å². The van der Waals surface area contributed by atoms with E-state index in [-0.39, 0.29) is 5.75 Å². The predicted molar refractivity (Wildman–Crippen MR) is 92.5 cm³/mol. The van der Waals surface area contributed by atoms with E-state index in [9.17, 15) is 14.7 Å². The highest BCUT2D eigenvalue weighted by Gasteiger charge is 2.33. The van der Waals surface area contributed by atoms with Crippen molar-refractivity contribution in [2.75, 3.05) is 0 Å². The topological polar surface area (TPSA) is 95.1 Å². The quantitative estimate of drug-likeness (QED) is 0.468. The van der Waals surface area contributed by atoms with Gasteiger partial charge in [0, 0.05) is 34.2 Å². The first-order valence-electron chi connectivity index (χ1n) is 7.71. The molecular weight excluding hydrogens is 318 g/mol. The molecule has 25 heavy (non-hydrogen) atoms. The number of amides is 2. The minimum absolute atomic E-state index is 0.102. The van der Waals surface area contributed by atoms with Gasteiger partial charge in [-0.15, -0.1) is 0 Å². The number of carbonyl (C=O) groups excluding carboxylic acids is 2. The number of pyridine rings is 1. The molecule has 0 aliphatic carbocycles. The fourth-order valence-corrected chi connectivity index (χ4v) is 3.50. The minimum atomic E-state index is -0.426. The van der Waals surface area contributed by atoms with Crippen molar-refractivity contribution in [3.63, 3.8) is 0 Å². The maximum atomic E-state index is 12.5. The number of imide groups is 1. The van der Waals surface area contributed by atoms with Gasteiger partial charge >= 0.3 is 0 Å². The molecule has 5 rings (SSSR count). The first kappa shape index (κ1) is 13.7. The first-order valence-corrected chi connectivity index (χ1v) is 7.71. The molecule has 4 aromatic rings. The molecule has 0 spiro atoms. The molecule has 0 unspecified atom stereocenters. The van der Waals surface area contributed by atoms with Crippen molar-refractivity contribution in [2.45, 2.75) is 0 Å². The van der Waals surface area contributed by atoms with Gasteiger partial charge in [0.2, 0.25) is 0 Å². The summed E-state index contributed by atoms with van der Waals surface area (Å²) < 4.78 is 0. The Kier molecular flexibility index (Phi) is 2.57. The maximum absolute atomic E-state index is 12.5. The van der Waals surface area contributed by atoms with Gasteiger partial charge < -0.3 is 10.1 Å². The van der Waals surface area contributed by atoms with Crippen LogP contribution in [0, 0.1) is 0 Å². The van der Waals surface area contributed by atoms with Crippen LogP contribution in [0.1, 0.15) is 20.7 Å². The lowest BCUT2D eigenvalue weighted by atomic mass is 9.93. The van der Waals surface area contributed by atoms with Crippen LogP contribution >= 0.6 is 0 Å². The number of H-pyrrole nitrogens is 1. The number of benzene rings is 2. The van der Waals surface area contributed by atoms with Crippen LogP contribution in [0.2, 0.25) is 0 Å². The van der Waals surface area contributed by atoms with E-state index in [0.717, 1.165) is 16.6 Å². The average molecular weight is 329 g/mol. The Morgan fingerprint density at radius 1 is 0.880 bits per heavy atom. The van der Waals surface area contributed by atoms with E-state index >= 15 is 0 Å². The van der Waals surface area contributed by atoms with Crippen molar-refractivity contribution >= 4 is 33.6 Å². The average Bonchev–Trinajstić information content (AvgIpc) is 3.12. The van der Waals surface area contributed by atoms with E-state index in [2.05, 4.69) is 15.3 Å². The summed E-state index contributed by atoms with van der Waals surface area (Å²) >= 11 is 0. The second-order valence-electron chi connectivity index (χ2n) is 5.97. The Morgan fingerprint density at radius 3 is 2.44 bits per heavy atom. The molecule has 6 nitrogen and oxygen atoms in total. The lowest BCUT2D eigenvalue weighted by Crippen LogP contribution is -2.20. The van der Waals surface area contributed by atoms with Crippen LogP contribution in [0.15, 0.2) is 48.8 Å². The lowest BCUT2D eigenvalue weighted by molar-refractivity contribution is 0.0880. The number of aromatic amines is 1. The van der Waals surface area contributed by atoms with Crippen molar-refractivity contribution in [2.24, 2.45) is 0 Å². The van der Waals surface area contributed by atoms with Gasteiger partial charge in [-0.2, -0.15) is 0 Å². The normalized spacial score (nSPS) is 13.4. The van der Waals surface area contributed by atoms with Crippen LogP contribution < -0.4 is 5.32 Å². The molecule has 3 N–H and O–H groups in total. The van der Waals surface area contributed by atoms with Crippen molar-refractivity contribution in [1.82, 2.24) is 15.3 Å². The van der Waals surface area contributed by atoms with Crippen LogP contribution in [-0.2, 0) is 0 Å². The molecule has 120 valence electrons. The monoisotopic (exact) mass is 329 g/mol. The molecule has 1 aliphatic heterocycles. The highest BCUT2D eigenvalue weighted by Crippen LogP contribution is 2.39. The number of aromatic nitrogens is 2. The Morgan fingerprint density at radius 2 is 1.64 bits per heavy atom. The third kappa shape index (κ3) is 1.82. The molecule has 2 aromatic heterocycles. The Labute approximate surface area is 141 Å². The minimum Gasteiger partial charge on any atom is -0.508 e. The van der Waals surface area contributed by atoms with Gasteiger partial charge in [-0.25, -0.2) is 0 Å². The van der Waals surface area contributed by atoms with E-state index in [4.69, 9.17) is 0 Å². The number of rotatable bonds is 1. The zero-order valence-electron chi connectivity index (χ0n) is 12.8. The second-order valence-corrected chi connectivity index (χ2v) is 5.97. The van der Waals surface area contributed by atoms with Crippen molar-refractivity contribution in [1.29, 1.82) is 0 Å². The molecule has 6 heteroatoms. The number of hydrogen-bond donors (Lipinski definition) is 3. The van der Waals surface area contributed by atoms with Crippen LogP contribution in [0.25, 0.3) is 32.9 Å². The molecular formula is C19H11N3O3. The lowest BCUT2D eigenvalue weighted by Gasteiger charge is -2.07. The fourth-order valence-electron chi connectivity index (χ4n) is 3.50. The summed E-state index contributed by atoms with van der Waals surface area (Å²) in [5.41, 5.74) is 3.69. The van der Waals surface area contributed by atoms with E-state index in [1.807, 2.05) is 6.07 Å². The number of aromatic hydroxyl groups is 1. The van der Waals surface area contributed by atoms with Gasteiger partial charge in [0.15, 0.2) is 0 Å². The smallest absolute Gasteiger partial charge is 0.259 e. The van der Waals surface area contributed by atoms with E-state index in [0.29, 0.717) is 27.5 Å². The van der Waals surface area contributed by atoms with E-state index < -0.39 is 11.8 Å². The fraction of sp³-hybridized carbons (Fsp3) is 0. The molecule has 1 aliphatic rings. The number of carbonyl (C=O) groups is 2. The Bertz CT molecular complexity index is 1210. The van der Waals surface area contributed by atoms with E-state index in [1.165, 1.54) is 0 Å². The third-order valence-corrected chi connectivity index (χ3v) is 4.54. The largest absolute Gasteiger partial charge is 0.508 e. The van der Waals surface area contributed by atoms with Crippen LogP contribution in [0.3, 0.4) is 0 Å².